The third kappa shape index (κ3) is 3.59. The molecule has 42 heavy (non-hydrogen) atoms. The van der Waals surface area contributed by atoms with Gasteiger partial charge >= 0.3 is 0 Å². The normalized spacial score (nSPS) is 12.2. The quantitative estimate of drug-likeness (QED) is 0.216. The molecule has 0 spiro atoms. The molecule has 0 N–H and O–H groups in total. The van der Waals surface area contributed by atoms with Crippen molar-refractivity contribution in [1.82, 2.24) is 0 Å². The summed E-state index contributed by atoms with van der Waals surface area (Å²) in [6, 6.07) is 52.6. The largest absolute Gasteiger partial charge is 0.456 e. The summed E-state index contributed by atoms with van der Waals surface area (Å²) in [6.07, 6.45) is 0. The first kappa shape index (κ1) is 23.6. The lowest BCUT2D eigenvalue weighted by Gasteiger charge is -2.21. The monoisotopic (exact) mass is 552 g/mol. The van der Waals surface area contributed by atoms with Crippen LogP contribution in [0.4, 0.5) is 0 Å². The lowest BCUT2D eigenvalue weighted by atomic mass is 9.88. The summed E-state index contributed by atoms with van der Waals surface area (Å²) in [6.45, 7) is 0. The molecule has 8 aromatic rings. The molecule has 0 unspecified atom stereocenters. The van der Waals surface area contributed by atoms with Gasteiger partial charge in [-0.3, -0.25) is 0 Å². The maximum atomic E-state index is 6.12. The van der Waals surface area contributed by atoms with E-state index < -0.39 is 0 Å². The van der Waals surface area contributed by atoms with E-state index >= 15 is 0 Å². The van der Waals surface area contributed by atoms with Crippen LogP contribution in [0.5, 0.6) is 0 Å². The minimum Gasteiger partial charge on any atom is -0.456 e. The van der Waals surface area contributed by atoms with Gasteiger partial charge in [0.05, 0.1) is 0 Å². The molecule has 2 heteroatoms. The fourth-order valence-corrected chi connectivity index (χ4v) is 7.69. The third-order valence-electron chi connectivity index (χ3n) is 8.50. The Morgan fingerprint density at radius 2 is 1.00 bits per heavy atom. The van der Waals surface area contributed by atoms with Crippen molar-refractivity contribution in [1.29, 1.82) is 0 Å². The highest BCUT2D eigenvalue weighted by atomic mass is 32.2. The van der Waals surface area contributed by atoms with Crippen LogP contribution in [0.15, 0.2) is 160 Å². The van der Waals surface area contributed by atoms with E-state index in [1.54, 1.807) is 0 Å². The van der Waals surface area contributed by atoms with Gasteiger partial charge in [0.15, 0.2) is 0 Å². The highest BCUT2D eigenvalue weighted by Gasteiger charge is 2.20. The van der Waals surface area contributed by atoms with Crippen molar-refractivity contribution in [2.24, 2.45) is 0 Å². The number of rotatable bonds is 3. The van der Waals surface area contributed by atoms with Crippen LogP contribution < -0.4 is 0 Å². The first-order chi connectivity index (χ1) is 20.8. The fourth-order valence-electron chi connectivity index (χ4n) is 6.56. The zero-order chi connectivity index (χ0) is 27.6. The molecular formula is C40H24OS. The molecule has 0 bridgehead atoms. The second-order valence-electron chi connectivity index (χ2n) is 10.9. The minimum absolute atomic E-state index is 0.918. The third-order valence-corrected chi connectivity index (χ3v) is 9.64. The Hall–Kier alpha value is -5.05. The predicted octanol–water partition coefficient (Wildman–Crippen LogP) is 11.9. The first-order valence-electron chi connectivity index (χ1n) is 14.3. The van der Waals surface area contributed by atoms with Gasteiger partial charge in [-0.1, -0.05) is 121 Å². The summed E-state index contributed by atoms with van der Waals surface area (Å²) < 4.78 is 6.12. The minimum atomic E-state index is 0.918. The van der Waals surface area contributed by atoms with Crippen LogP contribution in [0, 0.1) is 0 Å². The molecule has 1 aliphatic rings. The van der Waals surface area contributed by atoms with Gasteiger partial charge in [-0.15, -0.1) is 0 Å². The number of para-hydroxylation sites is 1. The molecule has 7 aromatic carbocycles. The second kappa shape index (κ2) is 9.24. The van der Waals surface area contributed by atoms with E-state index in [0.717, 1.165) is 21.9 Å². The average Bonchev–Trinajstić information content (AvgIpc) is 3.43. The Morgan fingerprint density at radius 3 is 1.81 bits per heavy atom. The molecule has 196 valence electrons. The van der Waals surface area contributed by atoms with Gasteiger partial charge in [0.25, 0.3) is 0 Å². The van der Waals surface area contributed by atoms with E-state index in [1.807, 2.05) is 23.9 Å². The van der Waals surface area contributed by atoms with Crippen molar-refractivity contribution in [2.45, 2.75) is 9.79 Å². The summed E-state index contributed by atoms with van der Waals surface area (Å²) in [5.41, 5.74) is 11.8. The summed E-state index contributed by atoms with van der Waals surface area (Å²) >= 11 is 1.87. The molecule has 1 aliphatic heterocycles. The number of benzene rings is 7. The topological polar surface area (TPSA) is 13.1 Å². The van der Waals surface area contributed by atoms with Gasteiger partial charge in [-0.25, -0.2) is 0 Å². The van der Waals surface area contributed by atoms with E-state index in [-0.39, 0.29) is 0 Å². The molecule has 1 aromatic heterocycles. The van der Waals surface area contributed by atoms with E-state index in [4.69, 9.17) is 4.42 Å². The standard InChI is InChI=1S/C40H24OS/c1-3-13-30(28(11-1)26-19-21-37-34(23-26)32-15-5-6-17-36(32)41-37)31-14-4-2-12-29(31)27-20-22-38-35(24-27)33-16-7-9-25-10-8-18-39(42-38)40(25)33/h1-24H. The molecule has 0 amide bonds. The molecule has 0 atom stereocenters. The average molecular weight is 553 g/mol. The van der Waals surface area contributed by atoms with Crippen LogP contribution in [-0.4, -0.2) is 0 Å². The van der Waals surface area contributed by atoms with E-state index in [9.17, 15) is 0 Å². The smallest absolute Gasteiger partial charge is 0.135 e. The highest BCUT2D eigenvalue weighted by Crippen LogP contribution is 2.49. The van der Waals surface area contributed by atoms with Crippen LogP contribution in [-0.2, 0) is 0 Å². The molecule has 0 aliphatic carbocycles. The van der Waals surface area contributed by atoms with Gasteiger partial charge in [0, 0.05) is 25.9 Å². The predicted molar refractivity (Wildman–Crippen MR) is 177 cm³/mol. The number of hydrogen-bond acceptors (Lipinski definition) is 2. The summed E-state index contributed by atoms with van der Waals surface area (Å²) in [7, 11) is 0. The van der Waals surface area contributed by atoms with Crippen molar-refractivity contribution in [2.75, 3.05) is 0 Å². The van der Waals surface area contributed by atoms with Crippen molar-refractivity contribution < 1.29 is 4.42 Å². The Balaban J connectivity index is 1.21. The van der Waals surface area contributed by atoms with Crippen LogP contribution in [0.1, 0.15) is 0 Å². The molecular weight excluding hydrogens is 529 g/mol. The van der Waals surface area contributed by atoms with E-state index in [2.05, 4.69) is 133 Å². The van der Waals surface area contributed by atoms with Crippen LogP contribution in [0.25, 0.3) is 77.2 Å². The number of furan rings is 1. The SMILES string of the molecule is c1ccc(-c2ccccc2-c2ccc3oc4ccccc4c3c2)c(-c2ccc3c(c2)-c2cccc4cccc(c24)S3)c1. The molecule has 1 nitrogen and oxygen atoms in total. The molecule has 0 saturated carbocycles. The highest BCUT2D eigenvalue weighted by molar-refractivity contribution is 7.99. The van der Waals surface area contributed by atoms with Crippen molar-refractivity contribution in [3.05, 3.63) is 146 Å². The first-order valence-corrected chi connectivity index (χ1v) is 15.1. The Kier molecular flexibility index (Phi) is 5.20. The molecule has 9 rings (SSSR count). The number of fused-ring (bicyclic) bond motifs is 5. The van der Waals surface area contributed by atoms with Gasteiger partial charge in [-0.05, 0) is 86.3 Å². The molecule has 0 fully saturated rings. The number of hydrogen-bond donors (Lipinski definition) is 0. The van der Waals surface area contributed by atoms with Gasteiger partial charge in [-0.2, -0.15) is 0 Å². The molecule has 2 heterocycles. The van der Waals surface area contributed by atoms with Crippen LogP contribution >= 0.6 is 11.8 Å². The van der Waals surface area contributed by atoms with Crippen molar-refractivity contribution in [3.8, 4) is 44.5 Å². The summed E-state index contributed by atoms with van der Waals surface area (Å²) in [5, 5.41) is 4.95. The summed E-state index contributed by atoms with van der Waals surface area (Å²) in [5.74, 6) is 0. The van der Waals surface area contributed by atoms with E-state index in [1.165, 1.54) is 65.1 Å². The Bertz CT molecular complexity index is 2340. The Labute approximate surface area is 248 Å². The van der Waals surface area contributed by atoms with Crippen molar-refractivity contribution in [3.63, 3.8) is 0 Å². The van der Waals surface area contributed by atoms with Crippen molar-refractivity contribution >= 4 is 44.5 Å². The lowest BCUT2D eigenvalue weighted by molar-refractivity contribution is 0.669. The maximum absolute atomic E-state index is 6.12. The van der Waals surface area contributed by atoms with Gasteiger partial charge < -0.3 is 4.42 Å². The zero-order valence-corrected chi connectivity index (χ0v) is 23.5. The summed E-state index contributed by atoms with van der Waals surface area (Å²) in [4.78, 5) is 2.64. The van der Waals surface area contributed by atoms with E-state index in [0.29, 0.717) is 0 Å². The molecule has 0 saturated heterocycles. The van der Waals surface area contributed by atoms with Gasteiger partial charge in [0.1, 0.15) is 11.2 Å². The van der Waals surface area contributed by atoms with Crippen LogP contribution in [0.3, 0.4) is 0 Å². The molecule has 0 radical (unpaired) electrons. The lowest BCUT2D eigenvalue weighted by Crippen LogP contribution is -1.94. The zero-order valence-electron chi connectivity index (χ0n) is 22.7. The Morgan fingerprint density at radius 1 is 0.381 bits per heavy atom. The second-order valence-corrected chi connectivity index (χ2v) is 12.0. The van der Waals surface area contributed by atoms with Crippen LogP contribution in [0.2, 0.25) is 0 Å². The maximum Gasteiger partial charge on any atom is 0.135 e. The van der Waals surface area contributed by atoms with Gasteiger partial charge in [0.2, 0.25) is 0 Å². The fraction of sp³-hybridized carbons (Fsp3) is 0.